The molecule has 2 aromatic rings. The SMILES string of the molecule is CCNC(=NCc1ccc(O)c(OCC)c1)NCCc1cccc(C(=O)NC)c1.I. The molecule has 0 aliphatic rings. The van der Waals surface area contributed by atoms with E-state index < -0.39 is 0 Å². The van der Waals surface area contributed by atoms with E-state index in [0.29, 0.717) is 37.0 Å². The zero-order valence-corrected chi connectivity index (χ0v) is 20.0. The van der Waals surface area contributed by atoms with Crippen molar-refractivity contribution in [1.29, 1.82) is 0 Å². The smallest absolute Gasteiger partial charge is 0.251 e. The Bertz CT molecular complexity index is 843. The van der Waals surface area contributed by atoms with Crippen molar-refractivity contribution in [1.82, 2.24) is 16.0 Å². The topological polar surface area (TPSA) is 95.0 Å². The van der Waals surface area contributed by atoms with Crippen molar-refractivity contribution in [2.24, 2.45) is 4.99 Å². The number of hydrogen-bond acceptors (Lipinski definition) is 4. The molecule has 0 aliphatic heterocycles. The lowest BCUT2D eigenvalue weighted by molar-refractivity contribution is 0.0963. The number of carbonyl (C=O) groups is 1. The van der Waals surface area contributed by atoms with Gasteiger partial charge >= 0.3 is 0 Å². The molecular formula is C22H31IN4O3. The fourth-order valence-corrected chi connectivity index (χ4v) is 2.78. The van der Waals surface area contributed by atoms with Crippen LogP contribution in [0, 0.1) is 0 Å². The predicted octanol–water partition coefficient (Wildman–Crippen LogP) is 3.07. The second-order valence-electron chi connectivity index (χ2n) is 6.39. The fourth-order valence-electron chi connectivity index (χ4n) is 2.78. The number of aromatic hydroxyl groups is 1. The molecule has 0 saturated heterocycles. The van der Waals surface area contributed by atoms with Crippen LogP contribution in [-0.2, 0) is 13.0 Å². The van der Waals surface area contributed by atoms with E-state index in [2.05, 4.69) is 20.9 Å². The highest BCUT2D eigenvalue weighted by Gasteiger charge is 2.05. The second kappa shape index (κ2) is 13.7. The Morgan fingerprint density at radius 1 is 1.10 bits per heavy atom. The molecule has 7 nitrogen and oxygen atoms in total. The van der Waals surface area contributed by atoms with E-state index >= 15 is 0 Å². The summed E-state index contributed by atoms with van der Waals surface area (Å²) in [5.74, 6) is 1.22. The number of halogens is 1. The number of aliphatic imine (C=N–C) groups is 1. The van der Waals surface area contributed by atoms with Crippen molar-refractivity contribution in [2.45, 2.75) is 26.8 Å². The molecule has 8 heteroatoms. The number of ether oxygens (including phenoxy) is 1. The Balaban J connectivity index is 0.00000450. The lowest BCUT2D eigenvalue weighted by Crippen LogP contribution is -2.38. The van der Waals surface area contributed by atoms with Crippen LogP contribution in [0.4, 0.5) is 0 Å². The summed E-state index contributed by atoms with van der Waals surface area (Å²) in [7, 11) is 1.63. The number of carbonyl (C=O) groups excluding carboxylic acids is 1. The number of rotatable bonds is 9. The van der Waals surface area contributed by atoms with Gasteiger partial charge < -0.3 is 25.8 Å². The average molecular weight is 526 g/mol. The largest absolute Gasteiger partial charge is 0.504 e. The molecule has 2 aromatic carbocycles. The molecule has 4 N–H and O–H groups in total. The summed E-state index contributed by atoms with van der Waals surface area (Å²) in [5, 5.41) is 19.0. The normalized spacial score (nSPS) is 10.7. The minimum absolute atomic E-state index is 0. The van der Waals surface area contributed by atoms with Gasteiger partial charge in [-0.1, -0.05) is 18.2 Å². The van der Waals surface area contributed by atoms with Gasteiger partial charge in [0.25, 0.3) is 5.91 Å². The van der Waals surface area contributed by atoms with Crippen molar-refractivity contribution < 1.29 is 14.6 Å². The van der Waals surface area contributed by atoms with Gasteiger partial charge in [0.1, 0.15) is 0 Å². The lowest BCUT2D eigenvalue weighted by Gasteiger charge is -2.12. The second-order valence-corrected chi connectivity index (χ2v) is 6.39. The maximum absolute atomic E-state index is 11.8. The first-order valence-electron chi connectivity index (χ1n) is 9.85. The van der Waals surface area contributed by atoms with E-state index in [4.69, 9.17) is 4.74 Å². The van der Waals surface area contributed by atoms with Crippen molar-refractivity contribution in [3.63, 3.8) is 0 Å². The van der Waals surface area contributed by atoms with Crippen LogP contribution < -0.4 is 20.7 Å². The van der Waals surface area contributed by atoms with Gasteiger partial charge in [-0.3, -0.25) is 4.79 Å². The van der Waals surface area contributed by atoms with E-state index in [1.807, 2.05) is 38.1 Å². The van der Waals surface area contributed by atoms with Crippen molar-refractivity contribution in [2.75, 3.05) is 26.7 Å². The zero-order chi connectivity index (χ0) is 21.1. The summed E-state index contributed by atoms with van der Waals surface area (Å²) in [4.78, 5) is 16.4. The van der Waals surface area contributed by atoms with E-state index in [1.165, 1.54) is 0 Å². The van der Waals surface area contributed by atoms with Crippen LogP contribution in [0.3, 0.4) is 0 Å². The third-order valence-electron chi connectivity index (χ3n) is 4.21. The molecule has 0 heterocycles. The van der Waals surface area contributed by atoms with Gasteiger partial charge in [0.15, 0.2) is 17.5 Å². The molecule has 0 bridgehead atoms. The van der Waals surface area contributed by atoms with Crippen LogP contribution in [0.25, 0.3) is 0 Å². The molecule has 0 unspecified atom stereocenters. The molecule has 2 rings (SSSR count). The summed E-state index contributed by atoms with van der Waals surface area (Å²) >= 11 is 0. The van der Waals surface area contributed by atoms with Crippen LogP contribution in [0.2, 0.25) is 0 Å². The van der Waals surface area contributed by atoms with E-state index in [9.17, 15) is 9.90 Å². The van der Waals surface area contributed by atoms with Crippen molar-refractivity contribution in [3.05, 3.63) is 59.2 Å². The molecule has 0 saturated carbocycles. The van der Waals surface area contributed by atoms with Gasteiger partial charge in [0, 0.05) is 25.7 Å². The molecule has 30 heavy (non-hydrogen) atoms. The number of nitrogens with zero attached hydrogens (tertiary/aromatic N) is 1. The minimum atomic E-state index is -0.0879. The Labute approximate surface area is 195 Å². The van der Waals surface area contributed by atoms with E-state index in [0.717, 1.165) is 24.1 Å². The first-order valence-corrected chi connectivity index (χ1v) is 9.85. The number of guanidine groups is 1. The molecule has 0 aliphatic carbocycles. The Morgan fingerprint density at radius 2 is 1.90 bits per heavy atom. The van der Waals surface area contributed by atoms with Gasteiger partial charge in [-0.15, -0.1) is 24.0 Å². The van der Waals surface area contributed by atoms with Crippen LogP contribution >= 0.6 is 24.0 Å². The van der Waals surface area contributed by atoms with Gasteiger partial charge in [0.05, 0.1) is 13.2 Å². The summed E-state index contributed by atoms with van der Waals surface area (Å²) in [6.07, 6.45) is 0.767. The molecule has 0 radical (unpaired) electrons. The first kappa shape index (κ1) is 25.5. The van der Waals surface area contributed by atoms with Crippen LogP contribution in [-0.4, -0.2) is 43.7 Å². The summed E-state index contributed by atoms with van der Waals surface area (Å²) in [6.45, 7) is 6.27. The number of nitrogens with one attached hydrogen (secondary N) is 3. The summed E-state index contributed by atoms with van der Waals surface area (Å²) in [5.41, 5.74) is 2.68. The molecular weight excluding hydrogens is 495 g/mol. The third-order valence-corrected chi connectivity index (χ3v) is 4.21. The highest BCUT2D eigenvalue weighted by molar-refractivity contribution is 14.0. The first-order chi connectivity index (χ1) is 14.1. The van der Waals surface area contributed by atoms with Crippen molar-refractivity contribution in [3.8, 4) is 11.5 Å². The third kappa shape index (κ3) is 8.10. The molecule has 0 atom stereocenters. The maximum atomic E-state index is 11.8. The van der Waals surface area contributed by atoms with Gasteiger partial charge in [-0.05, 0) is 55.7 Å². The summed E-state index contributed by atoms with van der Waals surface area (Å²) < 4.78 is 5.42. The Kier molecular flexibility index (Phi) is 11.7. The van der Waals surface area contributed by atoms with Crippen LogP contribution in [0.1, 0.15) is 35.3 Å². The van der Waals surface area contributed by atoms with Crippen molar-refractivity contribution >= 4 is 35.8 Å². The Morgan fingerprint density at radius 3 is 2.60 bits per heavy atom. The van der Waals surface area contributed by atoms with Crippen LogP contribution in [0.15, 0.2) is 47.5 Å². The average Bonchev–Trinajstić information content (AvgIpc) is 2.74. The summed E-state index contributed by atoms with van der Waals surface area (Å²) in [6, 6.07) is 12.8. The standard InChI is InChI=1S/C22H30N4O3.HI/c1-4-24-22(26-15-17-9-10-19(27)20(14-17)29-5-2)25-12-11-16-7-6-8-18(13-16)21(28)23-3;/h6-10,13-14,27H,4-5,11-12,15H2,1-3H3,(H,23,28)(H2,24,25,26);1H. The number of hydrogen-bond donors (Lipinski definition) is 4. The highest BCUT2D eigenvalue weighted by Crippen LogP contribution is 2.27. The fraction of sp³-hybridized carbons (Fsp3) is 0.364. The Hall–Kier alpha value is -2.49. The molecule has 0 aromatic heterocycles. The van der Waals surface area contributed by atoms with E-state index in [1.54, 1.807) is 25.2 Å². The molecule has 1 amide bonds. The molecule has 164 valence electrons. The number of amides is 1. The molecule has 0 fully saturated rings. The number of phenolic OH excluding ortho intramolecular Hbond substituents is 1. The zero-order valence-electron chi connectivity index (χ0n) is 17.7. The monoisotopic (exact) mass is 526 g/mol. The molecule has 0 spiro atoms. The number of phenols is 1. The number of benzene rings is 2. The maximum Gasteiger partial charge on any atom is 0.251 e. The van der Waals surface area contributed by atoms with E-state index in [-0.39, 0.29) is 35.6 Å². The van der Waals surface area contributed by atoms with Gasteiger partial charge in [-0.25, -0.2) is 4.99 Å². The quantitative estimate of drug-likeness (QED) is 0.229. The lowest BCUT2D eigenvalue weighted by atomic mass is 10.1. The minimum Gasteiger partial charge on any atom is -0.504 e. The van der Waals surface area contributed by atoms with Crippen LogP contribution in [0.5, 0.6) is 11.5 Å². The van der Waals surface area contributed by atoms with Gasteiger partial charge in [0.2, 0.25) is 0 Å². The predicted molar refractivity (Wildman–Crippen MR) is 131 cm³/mol. The van der Waals surface area contributed by atoms with Gasteiger partial charge in [-0.2, -0.15) is 0 Å². The highest BCUT2D eigenvalue weighted by atomic mass is 127.